The molecule has 1 aromatic rings. The first-order valence-electron chi connectivity index (χ1n) is 5.68. The molecule has 0 bridgehead atoms. The van der Waals surface area contributed by atoms with Gasteiger partial charge in [0.05, 0.1) is 18.6 Å². The quantitative estimate of drug-likeness (QED) is 0.596. The molecule has 0 saturated carbocycles. The summed E-state index contributed by atoms with van der Waals surface area (Å²) in [6.45, 7) is 2.23. The van der Waals surface area contributed by atoms with Crippen LogP contribution in [-0.2, 0) is 9.53 Å². The van der Waals surface area contributed by atoms with Crippen molar-refractivity contribution in [3.8, 4) is 0 Å². The highest BCUT2D eigenvalue weighted by molar-refractivity contribution is 9.10. The monoisotopic (exact) mass is 316 g/mol. The Kier molecular flexibility index (Phi) is 5.98. The molecule has 0 N–H and O–H groups in total. The Labute approximate surface area is 113 Å². The highest BCUT2D eigenvalue weighted by Gasteiger charge is 2.14. The van der Waals surface area contributed by atoms with E-state index in [-0.39, 0.29) is 18.4 Å². The molecule has 0 aliphatic heterocycles. The zero-order valence-corrected chi connectivity index (χ0v) is 11.6. The fraction of sp³-hybridized carbons (Fsp3) is 0.385. The zero-order valence-electron chi connectivity index (χ0n) is 10.0. The van der Waals surface area contributed by atoms with Gasteiger partial charge in [-0.3, -0.25) is 9.59 Å². The van der Waals surface area contributed by atoms with Crippen LogP contribution in [0, 0.1) is 5.82 Å². The Morgan fingerprint density at radius 2 is 2.06 bits per heavy atom. The Morgan fingerprint density at radius 3 is 2.67 bits per heavy atom. The van der Waals surface area contributed by atoms with Gasteiger partial charge in [-0.1, -0.05) is 22.9 Å². The van der Waals surface area contributed by atoms with Gasteiger partial charge in [-0.2, -0.15) is 0 Å². The number of hydrogen-bond acceptors (Lipinski definition) is 3. The van der Waals surface area contributed by atoms with Crippen molar-refractivity contribution < 1.29 is 18.7 Å². The highest BCUT2D eigenvalue weighted by atomic mass is 79.9. The largest absolute Gasteiger partial charge is 0.466 e. The number of halogens is 2. The second-order valence-electron chi connectivity index (χ2n) is 3.77. The molecule has 0 fully saturated rings. The number of ether oxygens (including phenoxy) is 1. The topological polar surface area (TPSA) is 43.4 Å². The maximum absolute atomic E-state index is 13.5. The van der Waals surface area contributed by atoms with Gasteiger partial charge in [0.2, 0.25) is 0 Å². The van der Waals surface area contributed by atoms with Crippen molar-refractivity contribution in [2.24, 2.45) is 0 Å². The standard InChI is InChI=1S/C13H14BrFO3/c1-2-7-18-13(17)6-5-12(16)10-4-3-9(14)8-11(10)15/h3-4,8H,2,5-7H2,1H3. The predicted molar refractivity (Wildman–Crippen MR) is 68.9 cm³/mol. The average Bonchev–Trinajstić information content (AvgIpc) is 2.33. The van der Waals surface area contributed by atoms with Gasteiger partial charge < -0.3 is 4.74 Å². The molecular formula is C13H14BrFO3. The van der Waals surface area contributed by atoms with Gasteiger partial charge in [0.1, 0.15) is 5.82 Å². The minimum absolute atomic E-state index is 0.00138. The van der Waals surface area contributed by atoms with E-state index in [0.29, 0.717) is 11.1 Å². The first kappa shape index (κ1) is 14.8. The van der Waals surface area contributed by atoms with Gasteiger partial charge in [-0.15, -0.1) is 0 Å². The number of hydrogen-bond donors (Lipinski definition) is 0. The SMILES string of the molecule is CCCOC(=O)CCC(=O)c1ccc(Br)cc1F. The summed E-state index contributed by atoms with van der Waals surface area (Å²) in [6.07, 6.45) is 0.677. The van der Waals surface area contributed by atoms with E-state index in [1.165, 1.54) is 12.1 Å². The van der Waals surface area contributed by atoms with Gasteiger partial charge in [-0.25, -0.2) is 4.39 Å². The third kappa shape index (κ3) is 4.56. The summed E-state index contributed by atoms with van der Waals surface area (Å²) in [5, 5.41) is 0. The van der Waals surface area contributed by atoms with Crippen LogP contribution in [0.15, 0.2) is 22.7 Å². The average molecular weight is 317 g/mol. The van der Waals surface area contributed by atoms with E-state index in [1.54, 1.807) is 6.07 Å². The van der Waals surface area contributed by atoms with Crippen LogP contribution < -0.4 is 0 Å². The number of Topliss-reactive ketones (excluding diaryl/α,β-unsaturated/α-hetero) is 1. The molecule has 98 valence electrons. The molecule has 0 saturated heterocycles. The molecule has 0 aliphatic carbocycles. The minimum Gasteiger partial charge on any atom is -0.466 e. The summed E-state index contributed by atoms with van der Waals surface area (Å²) in [4.78, 5) is 22.9. The maximum Gasteiger partial charge on any atom is 0.306 e. The van der Waals surface area contributed by atoms with Gasteiger partial charge in [-0.05, 0) is 24.6 Å². The third-order valence-corrected chi connectivity index (χ3v) is 2.75. The number of benzene rings is 1. The molecule has 0 amide bonds. The molecule has 1 aromatic carbocycles. The van der Waals surface area contributed by atoms with Crippen LogP contribution in [0.2, 0.25) is 0 Å². The number of rotatable bonds is 6. The third-order valence-electron chi connectivity index (χ3n) is 2.25. The maximum atomic E-state index is 13.5. The Bertz CT molecular complexity index is 446. The highest BCUT2D eigenvalue weighted by Crippen LogP contribution is 2.17. The molecule has 0 atom stereocenters. The van der Waals surface area contributed by atoms with Crippen molar-refractivity contribution in [1.82, 2.24) is 0 Å². The number of esters is 1. The molecule has 1 rings (SSSR count). The van der Waals surface area contributed by atoms with Crippen LogP contribution in [0.3, 0.4) is 0 Å². The summed E-state index contributed by atoms with van der Waals surface area (Å²) < 4.78 is 18.9. The van der Waals surface area contributed by atoms with E-state index < -0.39 is 17.6 Å². The number of ketones is 1. The van der Waals surface area contributed by atoms with Gasteiger partial charge in [0, 0.05) is 10.9 Å². The fourth-order valence-electron chi connectivity index (χ4n) is 1.35. The Balaban J connectivity index is 2.53. The number of carbonyl (C=O) groups is 2. The smallest absolute Gasteiger partial charge is 0.306 e. The lowest BCUT2D eigenvalue weighted by atomic mass is 10.1. The van der Waals surface area contributed by atoms with Crippen LogP contribution in [0.4, 0.5) is 4.39 Å². The van der Waals surface area contributed by atoms with Crippen LogP contribution >= 0.6 is 15.9 Å². The van der Waals surface area contributed by atoms with Crippen molar-refractivity contribution in [1.29, 1.82) is 0 Å². The predicted octanol–water partition coefficient (Wildman–Crippen LogP) is 3.50. The lowest BCUT2D eigenvalue weighted by Crippen LogP contribution is -2.09. The molecule has 0 aromatic heterocycles. The normalized spacial score (nSPS) is 10.2. The summed E-state index contributed by atoms with van der Waals surface area (Å²) in [7, 11) is 0. The second kappa shape index (κ2) is 7.26. The van der Waals surface area contributed by atoms with Gasteiger partial charge >= 0.3 is 5.97 Å². The summed E-state index contributed by atoms with van der Waals surface area (Å²) in [5.41, 5.74) is 0.00138. The Hall–Kier alpha value is -1.23. The van der Waals surface area contributed by atoms with E-state index in [9.17, 15) is 14.0 Å². The zero-order chi connectivity index (χ0) is 13.5. The van der Waals surface area contributed by atoms with Crippen molar-refractivity contribution in [2.45, 2.75) is 26.2 Å². The molecule has 0 spiro atoms. The van der Waals surface area contributed by atoms with Crippen LogP contribution in [0.25, 0.3) is 0 Å². The molecule has 5 heteroatoms. The second-order valence-corrected chi connectivity index (χ2v) is 4.68. The number of carbonyl (C=O) groups excluding carboxylic acids is 2. The Morgan fingerprint density at radius 1 is 1.33 bits per heavy atom. The molecule has 0 aliphatic rings. The van der Waals surface area contributed by atoms with Crippen molar-refractivity contribution in [3.63, 3.8) is 0 Å². The summed E-state index contributed by atoms with van der Waals surface area (Å²) in [5.74, 6) is -1.41. The molecule has 0 radical (unpaired) electrons. The van der Waals surface area contributed by atoms with E-state index >= 15 is 0 Å². The summed E-state index contributed by atoms with van der Waals surface area (Å²) >= 11 is 3.11. The first-order valence-corrected chi connectivity index (χ1v) is 6.47. The molecule has 0 heterocycles. The van der Waals surface area contributed by atoms with Crippen molar-refractivity contribution in [3.05, 3.63) is 34.1 Å². The van der Waals surface area contributed by atoms with Crippen LogP contribution in [0.1, 0.15) is 36.5 Å². The molecular weight excluding hydrogens is 303 g/mol. The van der Waals surface area contributed by atoms with Crippen molar-refractivity contribution >= 4 is 27.7 Å². The minimum atomic E-state index is -0.587. The lowest BCUT2D eigenvalue weighted by molar-refractivity contribution is -0.143. The van der Waals surface area contributed by atoms with Gasteiger partial charge in [0.15, 0.2) is 5.78 Å². The lowest BCUT2D eigenvalue weighted by Gasteiger charge is -2.04. The molecule has 3 nitrogen and oxygen atoms in total. The van der Waals surface area contributed by atoms with E-state index in [0.717, 1.165) is 6.42 Å². The first-order chi connectivity index (χ1) is 8.54. The van der Waals surface area contributed by atoms with E-state index in [1.807, 2.05) is 6.92 Å². The van der Waals surface area contributed by atoms with E-state index in [2.05, 4.69) is 15.9 Å². The van der Waals surface area contributed by atoms with Gasteiger partial charge in [0.25, 0.3) is 0 Å². The molecule has 18 heavy (non-hydrogen) atoms. The van der Waals surface area contributed by atoms with Crippen LogP contribution in [0.5, 0.6) is 0 Å². The van der Waals surface area contributed by atoms with Crippen molar-refractivity contribution in [2.75, 3.05) is 6.61 Å². The van der Waals surface area contributed by atoms with Crippen LogP contribution in [-0.4, -0.2) is 18.4 Å². The van der Waals surface area contributed by atoms with E-state index in [4.69, 9.17) is 4.74 Å². The fourth-order valence-corrected chi connectivity index (χ4v) is 1.69. The summed E-state index contributed by atoms with van der Waals surface area (Å²) in [6, 6.07) is 4.22. The molecule has 0 unspecified atom stereocenters.